The van der Waals surface area contributed by atoms with E-state index in [0.29, 0.717) is 30.8 Å². The Morgan fingerprint density at radius 3 is 2.39 bits per heavy atom. The molecule has 0 radical (unpaired) electrons. The summed E-state index contributed by atoms with van der Waals surface area (Å²) >= 11 is 0. The lowest BCUT2D eigenvalue weighted by atomic mass is 9.96. The van der Waals surface area contributed by atoms with Crippen LogP contribution in [-0.2, 0) is 14.8 Å². The van der Waals surface area contributed by atoms with Gasteiger partial charge in [-0.3, -0.25) is 4.79 Å². The summed E-state index contributed by atoms with van der Waals surface area (Å²) in [5, 5.41) is 2.89. The predicted octanol–water partition coefficient (Wildman–Crippen LogP) is 3.96. The highest BCUT2D eigenvalue weighted by Gasteiger charge is 2.32. The van der Waals surface area contributed by atoms with E-state index in [4.69, 9.17) is 4.74 Å². The van der Waals surface area contributed by atoms with E-state index in [-0.39, 0.29) is 35.6 Å². The van der Waals surface area contributed by atoms with Gasteiger partial charge >= 0.3 is 6.61 Å². The van der Waals surface area contributed by atoms with Gasteiger partial charge in [0.15, 0.2) is 0 Å². The van der Waals surface area contributed by atoms with E-state index >= 15 is 0 Å². The van der Waals surface area contributed by atoms with Crippen molar-refractivity contribution in [3.05, 3.63) is 54.1 Å². The number of carbonyl (C=O) groups excluding carboxylic acids is 1. The highest BCUT2D eigenvalue weighted by atomic mass is 32.2. The van der Waals surface area contributed by atoms with E-state index in [9.17, 15) is 22.0 Å². The number of rotatable bonds is 9. The third kappa shape index (κ3) is 6.42. The summed E-state index contributed by atoms with van der Waals surface area (Å²) in [6.07, 6.45) is 0.784. The molecule has 1 aliphatic heterocycles. The van der Waals surface area contributed by atoms with Gasteiger partial charge in [-0.15, -0.1) is 0 Å². The standard InChI is InChI=1S/C23H28F2N2O5S/c1-3-31-19-7-9-21(10-8-19)33(29,30)27-13-11-17(12-14-27)22(28)26-16(2)18-5-4-6-20(15-18)32-23(24)25/h4-10,15-17,23H,3,11-14H2,1-2H3,(H,26,28). The van der Waals surface area contributed by atoms with Crippen LogP contribution in [0.5, 0.6) is 11.5 Å². The van der Waals surface area contributed by atoms with Gasteiger partial charge in [0.25, 0.3) is 0 Å². The quantitative estimate of drug-likeness (QED) is 0.585. The Morgan fingerprint density at radius 2 is 1.79 bits per heavy atom. The van der Waals surface area contributed by atoms with Crippen LogP contribution in [-0.4, -0.2) is 44.9 Å². The van der Waals surface area contributed by atoms with Crippen LogP contribution in [0.4, 0.5) is 8.78 Å². The first kappa shape index (κ1) is 24.9. The molecule has 1 N–H and O–H groups in total. The van der Waals surface area contributed by atoms with Crippen LogP contribution < -0.4 is 14.8 Å². The summed E-state index contributed by atoms with van der Waals surface area (Å²) in [5.41, 5.74) is 0.636. The van der Waals surface area contributed by atoms with E-state index in [1.807, 2.05) is 6.92 Å². The summed E-state index contributed by atoms with van der Waals surface area (Å²) in [4.78, 5) is 12.9. The molecular weight excluding hydrogens is 454 g/mol. The van der Waals surface area contributed by atoms with E-state index in [0.717, 1.165) is 0 Å². The third-order valence-electron chi connectivity index (χ3n) is 5.54. The van der Waals surface area contributed by atoms with Gasteiger partial charge in [0.05, 0.1) is 17.5 Å². The molecule has 2 aromatic carbocycles. The molecule has 7 nitrogen and oxygen atoms in total. The van der Waals surface area contributed by atoms with Crippen LogP contribution in [0.2, 0.25) is 0 Å². The van der Waals surface area contributed by atoms with Crippen molar-refractivity contribution in [2.75, 3.05) is 19.7 Å². The molecule has 1 saturated heterocycles. The third-order valence-corrected chi connectivity index (χ3v) is 7.45. The molecule has 0 bridgehead atoms. The van der Waals surface area contributed by atoms with Gasteiger partial charge in [-0.25, -0.2) is 8.42 Å². The maximum absolute atomic E-state index is 12.9. The molecule has 180 valence electrons. The molecule has 10 heteroatoms. The summed E-state index contributed by atoms with van der Waals surface area (Å²) in [7, 11) is -3.65. The Labute approximate surface area is 192 Å². The lowest BCUT2D eigenvalue weighted by Crippen LogP contribution is -2.43. The van der Waals surface area contributed by atoms with Crippen molar-refractivity contribution in [3.63, 3.8) is 0 Å². The zero-order valence-electron chi connectivity index (χ0n) is 18.5. The Morgan fingerprint density at radius 1 is 1.12 bits per heavy atom. The minimum atomic E-state index is -3.65. The number of halogens is 2. The second kappa shape index (κ2) is 10.9. The van der Waals surface area contributed by atoms with Crippen LogP contribution in [0.1, 0.15) is 38.3 Å². The maximum atomic E-state index is 12.9. The van der Waals surface area contributed by atoms with E-state index in [1.54, 1.807) is 31.2 Å². The van der Waals surface area contributed by atoms with Crippen molar-refractivity contribution in [3.8, 4) is 11.5 Å². The zero-order chi connectivity index (χ0) is 24.0. The largest absolute Gasteiger partial charge is 0.494 e. The number of piperidine rings is 1. The van der Waals surface area contributed by atoms with Crippen LogP contribution in [0.25, 0.3) is 0 Å². The van der Waals surface area contributed by atoms with Gasteiger partial charge < -0.3 is 14.8 Å². The van der Waals surface area contributed by atoms with Gasteiger partial charge in [-0.1, -0.05) is 12.1 Å². The molecule has 1 fully saturated rings. The molecule has 1 aliphatic rings. The molecule has 1 unspecified atom stereocenters. The average Bonchev–Trinajstić information content (AvgIpc) is 2.79. The van der Waals surface area contributed by atoms with Gasteiger partial charge in [-0.05, 0) is 68.7 Å². The molecule has 0 saturated carbocycles. The monoisotopic (exact) mass is 482 g/mol. The molecule has 33 heavy (non-hydrogen) atoms. The molecule has 3 rings (SSSR count). The Bertz CT molecular complexity index is 1040. The van der Waals surface area contributed by atoms with Gasteiger partial charge in [0, 0.05) is 19.0 Å². The first-order chi connectivity index (χ1) is 15.7. The van der Waals surface area contributed by atoms with Crippen molar-refractivity contribution in [1.29, 1.82) is 0 Å². The van der Waals surface area contributed by atoms with Crippen molar-refractivity contribution in [2.24, 2.45) is 5.92 Å². The van der Waals surface area contributed by atoms with Crippen molar-refractivity contribution < 1.29 is 31.5 Å². The topological polar surface area (TPSA) is 84.9 Å². The van der Waals surface area contributed by atoms with Crippen molar-refractivity contribution in [2.45, 2.75) is 44.2 Å². The minimum Gasteiger partial charge on any atom is -0.494 e. The fourth-order valence-electron chi connectivity index (χ4n) is 3.76. The molecule has 1 atom stereocenters. The van der Waals surface area contributed by atoms with Crippen LogP contribution in [0, 0.1) is 5.92 Å². The lowest BCUT2D eigenvalue weighted by molar-refractivity contribution is -0.126. The van der Waals surface area contributed by atoms with E-state index < -0.39 is 22.7 Å². The molecule has 0 spiro atoms. The van der Waals surface area contributed by atoms with Gasteiger partial charge in [0.1, 0.15) is 11.5 Å². The SMILES string of the molecule is CCOc1ccc(S(=O)(=O)N2CCC(C(=O)NC(C)c3cccc(OC(F)F)c3)CC2)cc1. The summed E-state index contributed by atoms with van der Waals surface area (Å²) in [6, 6.07) is 12.1. The van der Waals surface area contributed by atoms with Crippen molar-refractivity contribution >= 4 is 15.9 Å². The number of hydrogen-bond acceptors (Lipinski definition) is 5. The predicted molar refractivity (Wildman–Crippen MR) is 119 cm³/mol. The fourth-order valence-corrected chi connectivity index (χ4v) is 5.23. The van der Waals surface area contributed by atoms with Gasteiger partial charge in [0.2, 0.25) is 15.9 Å². The minimum absolute atomic E-state index is 0.0244. The summed E-state index contributed by atoms with van der Waals surface area (Å²) < 4.78 is 61.9. The number of sulfonamides is 1. The number of nitrogens with zero attached hydrogens (tertiary/aromatic N) is 1. The van der Waals surface area contributed by atoms with E-state index in [1.165, 1.54) is 28.6 Å². The van der Waals surface area contributed by atoms with E-state index in [2.05, 4.69) is 10.1 Å². The van der Waals surface area contributed by atoms with Crippen molar-refractivity contribution in [1.82, 2.24) is 9.62 Å². The maximum Gasteiger partial charge on any atom is 0.387 e. The molecule has 2 aromatic rings. The highest BCUT2D eigenvalue weighted by molar-refractivity contribution is 7.89. The Hall–Kier alpha value is -2.72. The van der Waals surface area contributed by atoms with Crippen LogP contribution >= 0.6 is 0 Å². The van der Waals surface area contributed by atoms with Gasteiger partial charge in [-0.2, -0.15) is 13.1 Å². The average molecular weight is 483 g/mol. The molecule has 1 amide bonds. The normalized spacial score (nSPS) is 16.4. The smallest absolute Gasteiger partial charge is 0.387 e. The second-order valence-electron chi connectivity index (χ2n) is 7.76. The lowest BCUT2D eigenvalue weighted by Gasteiger charge is -2.31. The number of hydrogen-bond donors (Lipinski definition) is 1. The molecule has 0 aromatic heterocycles. The zero-order valence-corrected chi connectivity index (χ0v) is 19.4. The summed E-state index contributed by atoms with van der Waals surface area (Å²) in [5.74, 6) is 0.101. The number of ether oxygens (including phenoxy) is 2. The first-order valence-corrected chi connectivity index (χ1v) is 12.2. The number of alkyl halides is 2. The highest BCUT2D eigenvalue weighted by Crippen LogP contribution is 2.26. The number of benzene rings is 2. The second-order valence-corrected chi connectivity index (χ2v) is 9.70. The van der Waals surface area contributed by atoms with Crippen LogP contribution in [0.15, 0.2) is 53.4 Å². The molecule has 1 heterocycles. The Kier molecular flexibility index (Phi) is 8.25. The number of carbonyl (C=O) groups is 1. The van der Waals surface area contributed by atoms with Crippen LogP contribution in [0.3, 0.4) is 0 Å². The summed E-state index contributed by atoms with van der Waals surface area (Å²) in [6.45, 7) is 1.65. The first-order valence-electron chi connectivity index (χ1n) is 10.8. The Balaban J connectivity index is 1.56. The molecular formula is C23H28F2N2O5S. The number of amides is 1. The fraction of sp³-hybridized carbons (Fsp3) is 0.435. The number of nitrogens with one attached hydrogen (secondary N) is 1. The molecule has 0 aliphatic carbocycles.